The molecule has 3 fully saturated rings. The quantitative estimate of drug-likeness (QED) is 0.201. The molecule has 49 heavy (non-hydrogen) atoms. The van der Waals surface area contributed by atoms with Crippen LogP contribution >= 0.6 is 39.0 Å². The molecule has 8 rings (SSSR count). The van der Waals surface area contributed by atoms with Crippen LogP contribution in [-0.2, 0) is 20.6 Å². The van der Waals surface area contributed by atoms with E-state index in [2.05, 4.69) is 26.2 Å². The van der Waals surface area contributed by atoms with Crippen molar-refractivity contribution in [2.75, 3.05) is 16.8 Å². The van der Waals surface area contributed by atoms with Crippen LogP contribution in [0.3, 0.4) is 0 Å². The summed E-state index contributed by atoms with van der Waals surface area (Å²) >= 11 is 6.17. The fourth-order valence-electron chi connectivity index (χ4n) is 8.38. The van der Waals surface area contributed by atoms with E-state index < -0.39 is 41.3 Å². The number of ether oxygens (including phenoxy) is 1. The van der Waals surface area contributed by atoms with E-state index in [-0.39, 0.29) is 46.1 Å². The zero-order chi connectivity index (χ0) is 34.4. The number of thiazole rings is 1. The number of anilines is 2. The zero-order valence-corrected chi connectivity index (χ0v) is 28.8. The lowest BCUT2D eigenvalue weighted by Crippen LogP contribution is -2.42. The molecule has 2 saturated carbocycles. The van der Waals surface area contributed by atoms with E-state index in [1.165, 1.54) is 23.9 Å². The molecule has 2 aliphatic carbocycles. The Morgan fingerprint density at radius 1 is 1.02 bits per heavy atom. The second-order valence-electron chi connectivity index (χ2n) is 12.9. The molecule has 14 heteroatoms. The van der Waals surface area contributed by atoms with Gasteiger partial charge in [-0.3, -0.25) is 24.1 Å². The lowest BCUT2D eigenvalue weighted by Gasteiger charge is -2.43. The van der Waals surface area contributed by atoms with Crippen molar-refractivity contribution < 1.29 is 32.3 Å². The maximum Gasteiger partial charge on any atom is 0.416 e. The lowest BCUT2D eigenvalue weighted by atomic mass is 9.68. The number of aromatic amines is 1. The summed E-state index contributed by atoms with van der Waals surface area (Å²) in [7, 11) is 0. The molecule has 4 aliphatic rings. The molecule has 0 unspecified atom stereocenters. The Bertz CT molecular complexity index is 2100. The van der Waals surface area contributed by atoms with Gasteiger partial charge in [-0.1, -0.05) is 51.5 Å². The molecule has 1 aromatic heterocycles. The number of rotatable bonds is 6. The van der Waals surface area contributed by atoms with Gasteiger partial charge in [0.05, 0.1) is 28.1 Å². The minimum Gasteiger partial charge on any atom is -0.483 e. The molecule has 3 amide bonds. The van der Waals surface area contributed by atoms with Gasteiger partial charge >= 0.3 is 11.0 Å². The molecule has 3 aromatic carbocycles. The van der Waals surface area contributed by atoms with Crippen molar-refractivity contribution in [3.63, 3.8) is 0 Å². The second kappa shape index (κ2) is 11.9. The number of halogens is 4. The van der Waals surface area contributed by atoms with Crippen LogP contribution in [0.4, 0.5) is 24.5 Å². The molecule has 2 bridgehead atoms. The molecule has 1 saturated heterocycles. The molecule has 2 aliphatic heterocycles. The third-order valence-corrected chi connectivity index (χ3v) is 13.3. The number of carbonyl (C=O) groups excluding carboxylic acids is 3. The topological polar surface area (TPSA) is 109 Å². The van der Waals surface area contributed by atoms with Gasteiger partial charge in [-0.15, -0.1) is 11.8 Å². The third kappa shape index (κ3) is 5.34. The summed E-state index contributed by atoms with van der Waals surface area (Å²) in [6, 6.07) is 17.2. The van der Waals surface area contributed by atoms with Crippen LogP contribution in [0.5, 0.6) is 5.75 Å². The van der Waals surface area contributed by atoms with Crippen LogP contribution in [0.1, 0.15) is 33.9 Å². The molecular weight excluding hydrogens is 743 g/mol. The van der Waals surface area contributed by atoms with Crippen molar-refractivity contribution >= 4 is 68.1 Å². The summed E-state index contributed by atoms with van der Waals surface area (Å²) in [6.45, 7) is 1.62. The Morgan fingerprint density at radius 2 is 1.78 bits per heavy atom. The maximum absolute atomic E-state index is 14.1. The van der Waals surface area contributed by atoms with Gasteiger partial charge in [0.25, 0.3) is 5.91 Å². The highest BCUT2D eigenvalue weighted by atomic mass is 79.9. The lowest BCUT2D eigenvalue weighted by molar-refractivity contribution is -0.137. The summed E-state index contributed by atoms with van der Waals surface area (Å²) in [4.78, 5) is 58.2. The highest BCUT2D eigenvalue weighted by Crippen LogP contribution is 2.69. The number of benzene rings is 3. The number of nitrogens with zero attached hydrogens (tertiary/aromatic N) is 1. The summed E-state index contributed by atoms with van der Waals surface area (Å²) in [6.07, 6.45) is -4.03. The number of amides is 3. The van der Waals surface area contributed by atoms with Crippen molar-refractivity contribution in [2.45, 2.75) is 35.7 Å². The van der Waals surface area contributed by atoms with E-state index in [9.17, 15) is 32.3 Å². The number of alkyl halides is 3. The molecule has 4 aromatic rings. The van der Waals surface area contributed by atoms with Gasteiger partial charge in [0, 0.05) is 31.8 Å². The normalized spacial score (nSPS) is 26.8. The minimum absolute atomic E-state index is 0.0825. The van der Waals surface area contributed by atoms with E-state index in [0.717, 1.165) is 48.8 Å². The molecule has 8 nitrogen and oxygen atoms in total. The van der Waals surface area contributed by atoms with Crippen molar-refractivity contribution in [1.29, 1.82) is 0 Å². The molecule has 0 spiro atoms. The number of fused-ring (bicyclic) bond motifs is 9. The molecular formula is C35H27BrF3N3O5S2. The molecule has 0 radical (unpaired) electrons. The van der Waals surface area contributed by atoms with Crippen LogP contribution < -0.4 is 19.8 Å². The number of H-pyrrole nitrogens is 1. The predicted molar refractivity (Wildman–Crippen MR) is 182 cm³/mol. The first-order chi connectivity index (χ1) is 23.4. The monoisotopic (exact) mass is 769 g/mol. The molecule has 252 valence electrons. The predicted octanol–water partition coefficient (Wildman–Crippen LogP) is 7.22. The Morgan fingerprint density at radius 3 is 2.53 bits per heavy atom. The van der Waals surface area contributed by atoms with Gasteiger partial charge in [0.2, 0.25) is 11.8 Å². The van der Waals surface area contributed by atoms with Gasteiger partial charge in [-0.25, -0.2) is 0 Å². The van der Waals surface area contributed by atoms with Crippen molar-refractivity contribution in [1.82, 2.24) is 4.98 Å². The van der Waals surface area contributed by atoms with Crippen LogP contribution in [0, 0.1) is 36.5 Å². The Balaban J connectivity index is 1.14. The van der Waals surface area contributed by atoms with E-state index in [1.54, 1.807) is 18.2 Å². The molecule has 7 atom stereocenters. The minimum atomic E-state index is -4.63. The van der Waals surface area contributed by atoms with Crippen molar-refractivity contribution in [3.8, 4) is 5.75 Å². The first-order valence-corrected chi connectivity index (χ1v) is 18.1. The van der Waals surface area contributed by atoms with Gasteiger partial charge < -0.3 is 15.0 Å². The van der Waals surface area contributed by atoms with Crippen LogP contribution in [0.15, 0.2) is 81.0 Å². The van der Waals surface area contributed by atoms with Crippen LogP contribution in [0.2, 0.25) is 0 Å². The highest BCUT2D eigenvalue weighted by molar-refractivity contribution is 9.10. The Hall–Kier alpha value is -3.88. The maximum atomic E-state index is 14.1. The summed E-state index contributed by atoms with van der Waals surface area (Å²) < 4.78 is 47.6. The van der Waals surface area contributed by atoms with Gasteiger partial charge in [0.15, 0.2) is 6.61 Å². The van der Waals surface area contributed by atoms with E-state index >= 15 is 0 Å². The van der Waals surface area contributed by atoms with Crippen molar-refractivity contribution in [2.24, 2.45) is 29.6 Å². The number of carbonyl (C=O) groups is 3. The Kier molecular flexibility index (Phi) is 7.83. The molecule has 3 heterocycles. The van der Waals surface area contributed by atoms with Gasteiger partial charge in [-0.2, -0.15) is 13.2 Å². The Labute approximate surface area is 294 Å². The van der Waals surface area contributed by atoms with Crippen LogP contribution in [-0.4, -0.2) is 34.6 Å². The summed E-state index contributed by atoms with van der Waals surface area (Å²) in [5.74, 6) is -3.34. The number of para-hydroxylation sites is 1. The average molecular weight is 771 g/mol. The number of aromatic nitrogens is 1. The van der Waals surface area contributed by atoms with Crippen molar-refractivity contribution in [3.05, 3.63) is 102 Å². The largest absolute Gasteiger partial charge is 0.483 e. The number of imide groups is 1. The summed E-state index contributed by atoms with van der Waals surface area (Å²) in [5, 5.41) is 3.42. The standard InChI is InChI=1S/C35H27BrF3N3O5S2/c1-15-5-2-3-8-22(15)40-24(43)14-47-23-10-9-17(36)12-19(23)25-26-20-13-21(29(26)48-31-30(25)49-34(46)41-31)28-27(20)32(44)42(33(28)45)18-7-4-6-16(11-18)35(37,38)39/h2-12,20-21,25-29H,13-14H2,1H3,(H,40,43)(H,41,46)/t20-,21-,25+,26-,27+,28+,29-/m1/s1. The zero-order valence-electron chi connectivity index (χ0n) is 25.6. The first-order valence-electron chi connectivity index (χ1n) is 15.6. The van der Waals surface area contributed by atoms with E-state index in [4.69, 9.17) is 4.74 Å². The van der Waals surface area contributed by atoms with E-state index in [1.807, 2.05) is 31.2 Å². The number of hydrogen-bond acceptors (Lipinski definition) is 7. The average Bonchev–Trinajstić information content (AvgIpc) is 3.80. The second-order valence-corrected chi connectivity index (χ2v) is 16.0. The number of thioether (sulfide) groups is 1. The van der Waals surface area contributed by atoms with Gasteiger partial charge in [0.1, 0.15) is 5.75 Å². The summed E-state index contributed by atoms with van der Waals surface area (Å²) in [5.41, 5.74) is 1.30. The fraction of sp³-hybridized carbons (Fsp3) is 0.314. The SMILES string of the molecule is Cc1ccccc1NC(=O)COc1ccc(Br)cc1[C@@H]1c2sc(=O)[nH]c2S[C@@H]2[C@@H]3C[C@@H]([C@@H]4C(=O)N(c5cccc(C(F)(F)F)c5)C(=O)[C@@H]34)[C@H]12. The first kappa shape index (κ1) is 32.3. The smallest absolute Gasteiger partial charge is 0.416 e. The highest BCUT2D eigenvalue weighted by Gasteiger charge is 2.70. The third-order valence-electron chi connectivity index (χ3n) is 10.2. The van der Waals surface area contributed by atoms with E-state index in [0.29, 0.717) is 22.9 Å². The van der Waals surface area contributed by atoms with Crippen LogP contribution in [0.25, 0.3) is 0 Å². The van der Waals surface area contributed by atoms with Gasteiger partial charge in [-0.05, 0) is 79.1 Å². The number of aryl methyl sites for hydroxylation is 1. The number of nitrogens with one attached hydrogen (secondary N) is 2. The number of hydrogen-bond donors (Lipinski definition) is 2. The molecule has 2 N–H and O–H groups in total. The fourth-order valence-corrected chi connectivity index (χ4v) is 11.6.